The number of hydrogen-bond donors (Lipinski definition) is 1. The molecular weight excluding hydrogens is 170 g/mol. The zero-order valence-electron chi connectivity index (χ0n) is 7.82. The third-order valence-electron chi connectivity index (χ3n) is 3.09. The Hall–Kier alpha value is -0.610. The second kappa shape index (κ2) is 2.96. The third kappa shape index (κ3) is 1.25. The van der Waals surface area contributed by atoms with E-state index in [0.29, 0.717) is 13.1 Å². The van der Waals surface area contributed by atoms with E-state index in [1.165, 1.54) is 0 Å². The molecule has 2 fully saturated rings. The fraction of sp³-hybridized carbons (Fsp3) is 0.889. The second-order valence-corrected chi connectivity index (χ2v) is 3.92. The summed E-state index contributed by atoms with van der Waals surface area (Å²) in [5.41, 5.74) is -0.542. The van der Waals surface area contributed by atoms with Crippen molar-refractivity contribution >= 4 is 5.91 Å². The monoisotopic (exact) mass is 185 g/mol. The van der Waals surface area contributed by atoms with Crippen LogP contribution in [0.25, 0.3) is 0 Å². The molecule has 0 aromatic rings. The molecule has 0 aromatic carbocycles. The summed E-state index contributed by atoms with van der Waals surface area (Å²) in [5, 5.41) is 9.06. The molecule has 0 radical (unpaired) electrons. The lowest BCUT2D eigenvalue weighted by atomic mass is 9.78. The molecule has 1 heterocycles. The number of ether oxygens (including phenoxy) is 1. The van der Waals surface area contributed by atoms with Crippen LogP contribution in [0, 0.1) is 0 Å². The Kier molecular flexibility index (Phi) is 2.04. The van der Waals surface area contributed by atoms with Gasteiger partial charge in [0.2, 0.25) is 0 Å². The van der Waals surface area contributed by atoms with Crippen LogP contribution in [0.5, 0.6) is 0 Å². The lowest BCUT2D eigenvalue weighted by molar-refractivity contribution is -0.175. The van der Waals surface area contributed by atoms with Gasteiger partial charge in [0.25, 0.3) is 5.91 Å². The molecule has 0 spiro atoms. The van der Waals surface area contributed by atoms with E-state index in [9.17, 15) is 4.79 Å². The van der Waals surface area contributed by atoms with E-state index >= 15 is 0 Å². The first-order valence-electron chi connectivity index (χ1n) is 4.70. The molecule has 1 saturated carbocycles. The maximum atomic E-state index is 11.8. The summed E-state index contributed by atoms with van der Waals surface area (Å²) in [6, 6.07) is 0. The number of likely N-dealkylation sites (tertiary alicyclic amines) is 1. The number of aliphatic hydroxyl groups excluding tert-OH is 1. The van der Waals surface area contributed by atoms with Gasteiger partial charge in [-0.05, 0) is 19.3 Å². The predicted octanol–water partition coefficient (Wildman–Crippen LogP) is -0.241. The molecule has 74 valence electrons. The molecule has 4 heteroatoms. The minimum Gasteiger partial charge on any atom is -0.389 e. The maximum Gasteiger partial charge on any atom is 0.254 e. The van der Waals surface area contributed by atoms with E-state index in [4.69, 9.17) is 9.84 Å². The Bertz CT molecular complexity index is 213. The zero-order valence-corrected chi connectivity index (χ0v) is 7.82. The van der Waals surface area contributed by atoms with Crippen LogP contribution in [0.4, 0.5) is 0 Å². The van der Waals surface area contributed by atoms with E-state index in [2.05, 4.69) is 0 Å². The van der Waals surface area contributed by atoms with Crippen LogP contribution in [-0.4, -0.2) is 47.8 Å². The molecule has 13 heavy (non-hydrogen) atoms. The molecule has 0 aromatic heterocycles. The smallest absolute Gasteiger partial charge is 0.254 e. The summed E-state index contributed by atoms with van der Waals surface area (Å²) in [6.07, 6.45) is 2.40. The van der Waals surface area contributed by atoms with Gasteiger partial charge in [-0.3, -0.25) is 4.79 Å². The lowest BCUT2D eigenvalue weighted by Crippen LogP contribution is -2.62. The van der Waals surface area contributed by atoms with Crippen LogP contribution in [0.1, 0.15) is 19.3 Å². The van der Waals surface area contributed by atoms with Gasteiger partial charge in [-0.1, -0.05) is 0 Å². The van der Waals surface area contributed by atoms with Crippen molar-refractivity contribution < 1.29 is 14.6 Å². The molecule has 0 bridgehead atoms. The van der Waals surface area contributed by atoms with Crippen molar-refractivity contribution in [2.45, 2.75) is 31.0 Å². The summed E-state index contributed by atoms with van der Waals surface area (Å²) < 4.78 is 5.25. The number of hydrogen-bond acceptors (Lipinski definition) is 3. The first-order chi connectivity index (χ1) is 6.18. The van der Waals surface area contributed by atoms with E-state index in [-0.39, 0.29) is 12.0 Å². The summed E-state index contributed by atoms with van der Waals surface area (Å²) in [7, 11) is 1.59. The number of nitrogens with zero attached hydrogens (tertiary/aromatic N) is 1. The molecule has 2 rings (SSSR count). The molecule has 1 amide bonds. The van der Waals surface area contributed by atoms with Gasteiger partial charge in [-0.25, -0.2) is 0 Å². The van der Waals surface area contributed by atoms with Gasteiger partial charge in [-0.2, -0.15) is 0 Å². The molecular formula is C9H15NO3. The average molecular weight is 185 g/mol. The summed E-state index contributed by atoms with van der Waals surface area (Å²) >= 11 is 0. The molecule has 0 unspecified atom stereocenters. The van der Waals surface area contributed by atoms with Gasteiger partial charge < -0.3 is 14.7 Å². The Morgan fingerprint density at radius 3 is 2.46 bits per heavy atom. The van der Waals surface area contributed by atoms with E-state index in [1.54, 1.807) is 12.0 Å². The van der Waals surface area contributed by atoms with Crippen molar-refractivity contribution in [1.82, 2.24) is 4.90 Å². The van der Waals surface area contributed by atoms with Crippen LogP contribution in [0.2, 0.25) is 0 Å². The number of aliphatic hydroxyl groups is 1. The fourth-order valence-corrected chi connectivity index (χ4v) is 1.91. The first-order valence-corrected chi connectivity index (χ1v) is 4.70. The van der Waals surface area contributed by atoms with Gasteiger partial charge in [0.15, 0.2) is 0 Å². The minimum atomic E-state index is -0.542. The molecule has 0 atom stereocenters. The number of amides is 1. The standard InChI is InChI=1S/C9H15NO3/c1-13-9(3-2-4-9)8(12)10-5-7(11)6-10/h7,11H,2-6H2,1H3. The van der Waals surface area contributed by atoms with Crippen LogP contribution < -0.4 is 0 Å². The highest BCUT2D eigenvalue weighted by Gasteiger charge is 2.48. The van der Waals surface area contributed by atoms with Crippen LogP contribution in [0.15, 0.2) is 0 Å². The molecule has 2 aliphatic rings. The fourth-order valence-electron chi connectivity index (χ4n) is 1.91. The van der Waals surface area contributed by atoms with E-state index in [1.807, 2.05) is 0 Å². The Morgan fingerprint density at radius 2 is 2.15 bits per heavy atom. The van der Waals surface area contributed by atoms with Crippen molar-refractivity contribution in [1.29, 1.82) is 0 Å². The van der Waals surface area contributed by atoms with Crippen molar-refractivity contribution in [3.05, 3.63) is 0 Å². The molecule has 1 aliphatic carbocycles. The van der Waals surface area contributed by atoms with E-state index in [0.717, 1.165) is 19.3 Å². The third-order valence-corrected chi connectivity index (χ3v) is 3.09. The van der Waals surface area contributed by atoms with Crippen molar-refractivity contribution in [3.8, 4) is 0 Å². The number of β-amino-alcohol motifs (C(OH)–C–C–N with tert-alkyl or cyclic N) is 1. The molecule has 4 nitrogen and oxygen atoms in total. The summed E-state index contributed by atoms with van der Waals surface area (Å²) in [6.45, 7) is 0.952. The largest absolute Gasteiger partial charge is 0.389 e. The van der Waals surface area contributed by atoms with Gasteiger partial charge in [-0.15, -0.1) is 0 Å². The molecule has 1 N–H and O–H groups in total. The molecule has 1 aliphatic heterocycles. The van der Waals surface area contributed by atoms with Gasteiger partial charge in [0, 0.05) is 20.2 Å². The van der Waals surface area contributed by atoms with Gasteiger partial charge in [0.1, 0.15) is 5.60 Å². The lowest BCUT2D eigenvalue weighted by Gasteiger charge is -2.46. The number of methoxy groups -OCH3 is 1. The highest BCUT2D eigenvalue weighted by molar-refractivity contribution is 5.87. The van der Waals surface area contributed by atoms with Crippen molar-refractivity contribution in [2.75, 3.05) is 20.2 Å². The zero-order chi connectivity index (χ0) is 9.47. The quantitative estimate of drug-likeness (QED) is 0.646. The van der Waals surface area contributed by atoms with Crippen LogP contribution in [0.3, 0.4) is 0 Å². The Labute approximate surface area is 77.5 Å². The highest BCUT2D eigenvalue weighted by Crippen LogP contribution is 2.37. The predicted molar refractivity (Wildman–Crippen MR) is 46.2 cm³/mol. The summed E-state index contributed by atoms with van der Waals surface area (Å²) in [5.74, 6) is 0.0616. The normalized spacial score (nSPS) is 26.5. The summed E-state index contributed by atoms with van der Waals surface area (Å²) in [4.78, 5) is 13.5. The van der Waals surface area contributed by atoms with Crippen molar-refractivity contribution in [2.24, 2.45) is 0 Å². The number of carbonyl (C=O) groups excluding carboxylic acids is 1. The van der Waals surface area contributed by atoms with Crippen LogP contribution in [-0.2, 0) is 9.53 Å². The first kappa shape index (κ1) is 8.97. The average Bonchev–Trinajstić information content (AvgIpc) is 1.97. The number of rotatable bonds is 2. The number of carbonyl (C=O) groups is 1. The molecule has 1 saturated heterocycles. The Morgan fingerprint density at radius 1 is 1.54 bits per heavy atom. The van der Waals surface area contributed by atoms with Gasteiger partial charge in [0.05, 0.1) is 6.10 Å². The topological polar surface area (TPSA) is 49.8 Å². The minimum absolute atomic E-state index is 0.0616. The van der Waals surface area contributed by atoms with E-state index < -0.39 is 5.60 Å². The highest BCUT2D eigenvalue weighted by atomic mass is 16.5. The van der Waals surface area contributed by atoms with Crippen LogP contribution >= 0.6 is 0 Å². The van der Waals surface area contributed by atoms with Crippen molar-refractivity contribution in [3.63, 3.8) is 0 Å². The SMILES string of the molecule is COC1(C(=O)N2CC(O)C2)CCC1. The van der Waals surface area contributed by atoms with Gasteiger partial charge >= 0.3 is 0 Å². The maximum absolute atomic E-state index is 11.8. The second-order valence-electron chi connectivity index (χ2n) is 3.92. The Balaban J connectivity index is 1.96.